The molecule has 1 heterocycles. The lowest BCUT2D eigenvalue weighted by molar-refractivity contribution is -0.384. The minimum Gasteiger partial charge on any atom is -0.496 e. The zero-order valence-corrected chi connectivity index (χ0v) is 11.6. The zero-order valence-electron chi connectivity index (χ0n) is 11.6. The molecule has 2 aromatic rings. The molecule has 1 amide bonds. The molecule has 8 nitrogen and oxygen atoms in total. The van der Waals surface area contributed by atoms with Crippen LogP contribution in [0, 0.1) is 10.1 Å². The maximum absolute atomic E-state index is 12.0. The first kappa shape index (κ1) is 14.5. The molecule has 0 saturated heterocycles. The summed E-state index contributed by atoms with van der Waals surface area (Å²) in [5, 5.41) is 17.4. The molecule has 1 aromatic heterocycles. The maximum Gasteiger partial charge on any atom is 0.275 e. The van der Waals surface area contributed by atoms with Crippen LogP contribution in [0.2, 0.25) is 0 Å². The Balaban J connectivity index is 2.23. The fourth-order valence-corrected chi connectivity index (χ4v) is 1.74. The number of ether oxygens (including phenoxy) is 1. The highest BCUT2D eigenvalue weighted by Crippen LogP contribution is 2.26. The van der Waals surface area contributed by atoms with E-state index in [9.17, 15) is 14.9 Å². The Morgan fingerprint density at radius 1 is 1.48 bits per heavy atom. The van der Waals surface area contributed by atoms with Gasteiger partial charge >= 0.3 is 0 Å². The highest BCUT2D eigenvalue weighted by molar-refractivity contribution is 6.04. The molecule has 0 saturated carbocycles. The summed E-state index contributed by atoms with van der Waals surface area (Å²) in [7, 11) is 1.40. The van der Waals surface area contributed by atoms with Gasteiger partial charge in [-0.15, -0.1) is 0 Å². The number of rotatable bonds is 5. The van der Waals surface area contributed by atoms with Gasteiger partial charge in [0.15, 0.2) is 0 Å². The van der Waals surface area contributed by atoms with Crippen LogP contribution in [-0.2, 0) is 6.54 Å². The topological polar surface area (TPSA) is 99.3 Å². The molecule has 0 aliphatic heterocycles. The van der Waals surface area contributed by atoms with E-state index >= 15 is 0 Å². The van der Waals surface area contributed by atoms with Crippen molar-refractivity contribution in [3.63, 3.8) is 0 Å². The van der Waals surface area contributed by atoms with Gasteiger partial charge in [0.05, 0.1) is 35.5 Å². The highest BCUT2D eigenvalue weighted by Gasteiger charge is 2.14. The van der Waals surface area contributed by atoms with E-state index in [-0.39, 0.29) is 11.4 Å². The molecule has 0 atom stereocenters. The van der Waals surface area contributed by atoms with Crippen LogP contribution in [0.3, 0.4) is 0 Å². The second-order valence-electron chi connectivity index (χ2n) is 4.22. The first-order valence-corrected chi connectivity index (χ1v) is 6.20. The van der Waals surface area contributed by atoms with Crippen molar-refractivity contribution >= 4 is 17.3 Å². The number of anilines is 1. The summed E-state index contributed by atoms with van der Waals surface area (Å²) in [6.45, 7) is 2.55. The third kappa shape index (κ3) is 3.35. The number of nitrogens with zero attached hydrogens (tertiary/aromatic N) is 3. The fraction of sp³-hybridized carbons (Fsp3) is 0.231. The molecule has 0 bridgehead atoms. The number of carbonyl (C=O) groups excluding carboxylic acids is 1. The van der Waals surface area contributed by atoms with Crippen LogP contribution < -0.4 is 10.1 Å². The molecule has 0 fully saturated rings. The number of benzene rings is 1. The van der Waals surface area contributed by atoms with Gasteiger partial charge in [-0.05, 0) is 6.92 Å². The molecule has 21 heavy (non-hydrogen) atoms. The first-order chi connectivity index (χ1) is 10.0. The van der Waals surface area contributed by atoms with Gasteiger partial charge in [0.2, 0.25) is 0 Å². The van der Waals surface area contributed by atoms with Crippen molar-refractivity contribution in [1.82, 2.24) is 9.78 Å². The number of hydrogen-bond acceptors (Lipinski definition) is 5. The summed E-state index contributed by atoms with van der Waals surface area (Å²) >= 11 is 0. The van der Waals surface area contributed by atoms with Crippen molar-refractivity contribution in [3.05, 3.63) is 46.3 Å². The summed E-state index contributed by atoms with van der Waals surface area (Å²) in [5.74, 6) is -0.0963. The lowest BCUT2D eigenvalue weighted by Gasteiger charge is -2.06. The smallest absolute Gasteiger partial charge is 0.275 e. The van der Waals surface area contributed by atoms with E-state index < -0.39 is 10.8 Å². The molecular formula is C13H14N4O4. The van der Waals surface area contributed by atoms with Gasteiger partial charge in [-0.1, -0.05) is 0 Å². The third-order valence-electron chi connectivity index (χ3n) is 2.82. The van der Waals surface area contributed by atoms with Crippen LogP contribution in [0.1, 0.15) is 17.3 Å². The average molecular weight is 290 g/mol. The number of nitro groups is 1. The lowest BCUT2D eigenvalue weighted by atomic mass is 10.2. The van der Waals surface area contributed by atoms with E-state index in [0.717, 1.165) is 0 Å². The van der Waals surface area contributed by atoms with Gasteiger partial charge in [0.25, 0.3) is 11.6 Å². The average Bonchev–Trinajstić information content (AvgIpc) is 2.95. The Morgan fingerprint density at radius 2 is 2.24 bits per heavy atom. The summed E-state index contributed by atoms with van der Waals surface area (Å²) in [5.41, 5.74) is 0.506. The summed E-state index contributed by atoms with van der Waals surface area (Å²) < 4.78 is 6.60. The Kier molecular flexibility index (Phi) is 4.17. The Morgan fingerprint density at radius 3 is 2.81 bits per heavy atom. The monoisotopic (exact) mass is 290 g/mol. The summed E-state index contributed by atoms with van der Waals surface area (Å²) in [4.78, 5) is 22.3. The van der Waals surface area contributed by atoms with Crippen molar-refractivity contribution in [3.8, 4) is 5.75 Å². The van der Waals surface area contributed by atoms with E-state index in [0.29, 0.717) is 17.9 Å². The lowest BCUT2D eigenvalue weighted by Crippen LogP contribution is -2.11. The number of amides is 1. The van der Waals surface area contributed by atoms with Crippen molar-refractivity contribution in [2.75, 3.05) is 12.4 Å². The molecule has 1 aromatic carbocycles. The van der Waals surface area contributed by atoms with E-state index in [4.69, 9.17) is 4.74 Å². The van der Waals surface area contributed by atoms with Crippen molar-refractivity contribution in [1.29, 1.82) is 0 Å². The van der Waals surface area contributed by atoms with Crippen LogP contribution in [0.5, 0.6) is 5.75 Å². The Hall–Kier alpha value is -2.90. The Bertz CT molecular complexity index is 681. The summed E-state index contributed by atoms with van der Waals surface area (Å²) in [6, 6.07) is 4.06. The zero-order chi connectivity index (χ0) is 15.4. The number of non-ortho nitro benzene ring substituents is 1. The predicted octanol–water partition coefficient (Wildman–Crippen LogP) is 2.07. The molecule has 0 radical (unpaired) electrons. The maximum atomic E-state index is 12.0. The van der Waals surface area contributed by atoms with Gasteiger partial charge in [-0.2, -0.15) is 5.10 Å². The van der Waals surface area contributed by atoms with E-state index in [1.807, 2.05) is 6.92 Å². The normalized spacial score (nSPS) is 10.2. The molecule has 0 aliphatic carbocycles. The van der Waals surface area contributed by atoms with Crippen LogP contribution in [0.25, 0.3) is 0 Å². The quantitative estimate of drug-likeness (QED) is 0.671. The van der Waals surface area contributed by atoms with Gasteiger partial charge in [-0.25, -0.2) is 0 Å². The molecule has 110 valence electrons. The van der Waals surface area contributed by atoms with Crippen LogP contribution >= 0.6 is 0 Å². The fourth-order valence-electron chi connectivity index (χ4n) is 1.74. The van der Waals surface area contributed by atoms with E-state index in [1.54, 1.807) is 10.9 Å². The number of nitro benzene ring substituents is 1. The van der Waals surface area contributed by atoms with Crippen molar-refractivity contribution < 1.29 is 14.5 Å². The van der Waals surface area contributed by atoms with E-state index in [2.05, 4.69) is 10.4 Å². The van der Waals surface area contributed by atoms with Gasteiger partial charge in [0.1, 0.15) is 5.75 Å². The van der Waals surface area contributed by atoms with Crippen LogP contribution in [0.4, 0.5) is 11.4 Å². The molecule has 8 heteroatoms. The molecule has 1 N–H and O–H groups in total. The van der Waals surface area contributed by atoms with Gasteiger partial charge in [0, 0.05) is 24.9 Å². The van der Waals surface area contributed by atoms with Crippen molar-refractivity contribution in [2.24, 2.45) is 0 Å². The minimum atomic E-state index is -0.548. The second kappa shape index (κ2) is 6.04. The first-order valence-electron chi connectivity index (χ1n) is 6.20. The third-order valence-corrected chi connectivity index (χ3v) is 2.82. The largest absolute Gasteiger partial charge is 0.496 e. The number of nitrogens with one attached hydrogen (secondary N) is 1. The number of aryl methyl sites for hydroxylation is 1. The van der Waals surface area contributed by atoms with Crippen molar-refractivity contribution in [2.45, 2.75) is 13.5 Å². The second-order valence-corrected chi connectivity index (χ2v) is 4.22. The summed E-state index contributed by atoms with van der Waals surface area (Å²) in [6.07, 6.45) is 3.04. The molecule has 0 aliphatic rings. The molecular weight excluding hydrogens is 276 g/mol. The predicted molar refractivity (Wildman–Crippen MR) is 75.5 cm³/mol. The number of methoxy groups -OCH3 is 1. The standard InChI is InChI=1S/C13H14N4O4/c1-3-16-8-9(7-14-16)13(18)15-10-4-11(17(19)20)6-12(5-10)21-2/h4-8H,3H2,1-2H3,(H,15,18). The molecule has 2 rings (SSSR count). The molecule has 0 unspecified atom stereocenters. The Labute approximate surface area is 120 Å². The SMILES string of the molecule is CCn1cc(C(=O)Nc2cc(OC)cc([N+](=O)[O-])c2)cn1. The van der Waals surface area contributed by atoms with Crippen LogP contribution in [-0.4, -0.2) is 27.7 Å². The molecule has 0 spiro atoms. The number of carbonyl (C=O) groups is 1. The highest BCUT2D eigenvalue weighted by atomic mass is 16.6. The number of aromatic nitrogens is 2. The number of hydrogen-bond donors (Lipinski definition) is 1. The van der Waals surface area contributed by atoms with E-state index in [1.165, 1.54) is 31.5 Å². The van der Waals surface area contributed by atoms with Gasteiger partial charge in [-0.3, -0.25) is 19.6 Å². The van der Waals surface area contributed by atoms with Gasteiger partial charge < -0.3 is 10.1 Å². The minimum absolute atomic E-state index is 0.158. The van der Waals surface area contributed by atoms with Crippen LogP contribution in [0.15, 0.2) is 30.6 Å².